The Kier molecular flexibility index (Phi) is 8.79. The number of anilines is 2. The smallest absolute Gasteiger partial charge is 0.263 e. The first-order chi connectivity index (χ1) is 15.1. The van der Waals surface area contributed by atoms with Crippen molar-refractivity contribution in [2.45, 2.75) is 24.8 Å². The lowest BCUT2D eigenvalue weighted by molar-refractivity contribution is -0.120. The number of nitrogens with one attached hydrogen (secondary N) is 2. The standard InChI is InChI=1S/C21H20Cl2N4O4S.ClH/c1-12-2-5-17(27-32(30,31)18-9-14(22)3-4-16(18)23)21(29)15(12)10-20(28)26-11-13-6-7-25-19(24)8-13;/h2-9,27,29H,10-11H2,1H3,(H2,24,25)(H,26,28);1H. The number of nitrogens with zero attached hydrogens (tertiary/aromatic N) is 1. The van der Waals surface area contributed by atoms with Crippen LogP contribution in [0.3, 0.4) is 0 Å². The lowest BCUT2D eigenvalue weighted by atomic mass is 10.0. The second-order valence-electron chi connectivity index (χ2n) is 6.98. The summed E-state index contributed by atoms with van der Waals surface area (Å²) in [6, 6.07) is 10.4. The highest BCUT2D eigenvalue weighted by molar-refractivity contribution is 7.92. The molecule has 176 valence electrons. The van der Waals surface area contributed by atoms with E-state index in [-0.39, 0.29) is 63.2 Å². The number of carbonyl (C=O) groups excluding carboxylic acids is 1. The van der Waals surface area contributed by atoms with Gasteiger partial charge in [0.15, 0.2) is 0 Å². The van der Waals surface area contributed by atoms with Gasteiger partial charge in [0.1, 0.15) is 16.5 Å². The van der Waals surface area contributed by atoms with Crippen LogP contribution in [0.15, 0.2) is 53.6 Å². The van der Waals surface area contributed by atoms with E-state index in [1.165, 1.54) is 30.5 Å². The van der Waals surface area contributed by atoms with Crippen molar-refractivity contribution in [2.24, 2.45) is 0 Å². The van der Waals surface area contributed by atoms with Crippen LogP contribution in [-0.4, -0.2) is 24.4 Å². The van der Waals surface area contributed by atoms with Crippen molar-refractivity contribution in [3.05, 3.63) is 75.4 Å². The predicted octanol–water partition coefficient (Wildman–Crippen LogP) is 4.07. The number of aryl methyl sites for hydroxylation is 1. The molecule has 0 radical (unpaired) electrons. The van der Waals surface area contributed by atoms with E-state index in [1.54, 1.807) is 25.1 Å². The van der Waals surface area contributed by atoms with Crippen molar-refractivity contribution in [3.8, 4) is 5.75 Å². The predicted molar refractivity (Wildman–Crippen MR) is 132 cm³/mol. The Balaban J connectivity index is 0.00000385. The number of aromatic nitrogens is 1. The molecule has 1 aromatic heterocycles. The van der Waals surface area contributed by atoms with Crippen molar-refractivity contribution >= 4 is 63.0 Å². The average molecular weight is 532 g/mol. The van der Waals surface area contributed by atoms with E-state index in [0.717, 1.165) is 5.56 Å². The summed E-state index contributed by atoms with van der Waals surface area (Å²) in [5, 5.41) is 13.6. The van der Waals surface area contributed by atoms with Gasteiger partial charge in [-0.3, -0.25) is 9.52 Å². The normalized spacial score (nSPS) is 10.9. The number of hydrogen-bond acceptors (Lipinski definition) is 6. The van der Waals surface area contributed by atoms with Gasteiger partial charge >= 0.3 is 0 Å². The first-order valence-electron chi connectivity index (χ1n) is 9.33. The molecule has 0 aliphatic carbocycles. The van der Waals surface area contributed by atoms with Gasteiger partial charge in [-0.25, -0.2) is 13.4 Å². The highest BCUT2D eigenvalue weighted by Crippen LogP contribution is 2.34. The number of rotatable bonds is 7. The molecule has 33 heavy (non-hydrogen) atoms. The topological polar surface area (TPSA) is 134 Å². The lowest BCUT2D eigenvalue weighted by Crippen LogP contribution is -2.25. The van der Waals surface area contributed by atoms with Crippen LogP contribution >= 0.6 is 35.6 Å². The maximum atomic E-state index is 12.8. The zero-order valence-corrected chi connectivity index (χ0v) is 20.4. The average Bonchev–Trinajstić information content (AvgIpc) is 2.73. The van der Waals surface area contributed by atoms with Crippen molar-refractivity contribution in [1.29, 1.82) is 0 Å². The summed E-state index contributed by atoms with van der Waals surface area (Å²) in [6.07, 6.45) is 1.38. The SMILES string of the molecule is Cc1ccc(NS(=O)(=O)c2cc(Cl)ccc2Cl)c(O)c1CC(=O)NCc1ccnc(N)c1.Cl. The molecule has 1 amide bonds. The van der Waals surface area contributed by atoms with Gasteiger partial charge < -0.3 is 16.2 Å². The Bertz CT molecular complexity index is 1290. The number of phenolic OH excluding ortho intramolecular Hbond substituents is 1. The van der Waals surface area contributed by atoms with Gasteiger partial charge in [0.05, 0.1) is 17.1 Å². The molecule has 12 heteroatoms. The number of carbonyl (C=O) groups is 1. The van der Waals surface area contributed by atoms with E-state index in [4.69, 9.17) is 28.9 Å². The molecule has 0 saturated carbocycles. The first-order valence-corrected chi connectivity index (χ1v) is 11.6. The van der Waals surface area contributed by atoms with E-state index >= 15 is 0 Å². The van der Waals surface area contributed by atoms with Gasteiger partial charge in [-0.15, -0.1) is 12.4 Å². The minimum Gasteiger partial charge on any atom is -0.505 e. The van der Waals surface area contributed by atoms with Gasteiger partial charge in [-0.05, 0) is 54.4 Å². The summed E-state index contributed by atoms with van der Waals surface area (Å²) in [6.45, 7) is 1.93. The van der Waals surface area contributed by atoms with Crippen LogP contribution in [0, 0.1) is 6.92 Å². The Hall–Kier alpha value is -2.72. The van der Waals surface area contributed by atoms with Gasteiger partial charge in [-0.1, -0.05) is 29.3 Å². The maximum absolute atomic E-state index is 12.8. The molecule has 1 heterocycles. The summed E-state index contributed by atoms with van der Waals surface area (Å²) < 4.78 is 27.8. The lowest BCUT2D eigenvalue weighted by Gasteiger charge is -2.15. The third-order valence-electron chi connectivity index (χ3n) is 4.62. The summed E-state index contributed by atoms with van der Waals surface area (Å²) >= 11 is 11.9. The number of amides is 1. The number of sulfonamides is 1. The highest BCUT2D eigenvalue weighted by atomic mass is 35.5. The maximum Gasteiger partial charge on any atom is 0.263 e. The second kappa shape index (κ2) is 10.9. The minimum atomic E-state index is -4.14. The number of aromatic hydroxyl groups is 1. The van der Waals surface area contributed by atoms with Crippen LogP contribution in [-0.2, 0) is 27.8 Å². The number of nitrogen functional groups attached to an aromatic ring is 1. The van der Waals surface area contributed by atoms with Gasteiger partial charge in [-0.2, -0.15) is 0 Å². The monoisotopic (exact) mass is 530 g/mol. The Labute approximate surface area is 207 Å². The fourth-order valence-corrected chi connectivity index (χ4v) is 4.78. The third kappa shape index (κ3) is 6.64. The van der Waals surface area contributed by atoms with Crippen molar-refractivity contribution in [2.75, 3.05) is 10.5 Å². The summed E-state index contributed by atoms with van der Waals surface area (Å²) in [5.74, 6) is -0.378. The molecule has 0 unspecified atom stereocenters. The fourth-order valence-electron chi connectivity index (χ4n) is 2.95. The number of nitrogens with two attached hydrogens (primary N) is 1. The molecule has 0 atom stereocenters. The number of halogens is 3. The van der Waals surface area contributed by atoms with Crippen LogP contribution in [0.5, 0.6) is 5.75 Å². The highest BCUT2D eigenvalue weighted by Gasteiger charge is 2.22. The molecule has 0 saturated heterocycles. The van der Waals surface area contributed by atoms with Crippen LogP contribution in [0.4, 0.5) is 11.5 Å². The Morgan fingerprint density at radius 1 is 1.15 bits per heavy atom. The number of benzene rings is 2. The fraction of sp³-hybridized carbons (Fsp3) is 0.143. The molecule has 0 spiro atoms. The summed E-state index contributed by atoms with van der Waals surface area (Å²) in [5.41, 5.74) is 7.22. The second-order valence-corrected chi connectivity index (χ2v) is 9.47. The Morgan fingerprint density at radius 3 is 2.58 bits per heavy atom. The largest absolute Gasteiger partial charge is 0.505 e. The van der Waals surface area contributed by atoms with Crippen molar-refractivity contribution in [3.63, 3.8) is 0 Å². The molecule has 0 aliphatic heterocycles. The van der Waals surface area contributed by atoms with E-state index in [1.807, 2.05) is 0 Å². The molecule has 5 N–H and O–H groups in total. The molecule has 3 aromatic rings. The molecule has 0 bridgehead atoms. The minimum absolute atomic E-state index is 0. The molecule has 8 nitrogen and oxygen atoms in total. The zero-order valence-electron chi connectivity index (χ0n) is 17.3. The van der Waals surface area contributed by atoms with Gasteiger partial charge in [0.2, 0.25) is 5.91 Å². The Morgan fingerprint density at radius 2 is 1.88 bits per heavy atom. The van der Waals surface area contributed by atoms with Crippen molar-refractivity contribution < 1.29 is 18.3 Å². The molecular weight excluding hydrogens is 511 g/mol. The third-order valence-corrected chi connectivity index (χ3v) is 6.70. The van der Waals surface area contributed by atoms with E-state index < -0.39 is 10.0 Å². The number of phenols is 1. The molecule has 0 fully saturated rings. The van der Waals surface area contributed by atoms with Gasteiger partial charge in [0, 0.05) is 23.3 Å². The molecule has 2 aromatic carbocycles. The zero-order chi connectivity index (χ0) is 23.5. The molecular formula is C21H21Cl3N4O4S. The summed E-state index contributed by atoms with van der Waals surface area (Å²) in [4.78, 5) is 16.1. The number of pyridine rings is 1. The number of hydrogen-bond donors (Lipinski definition) is 4. The quantitative estimate of drug-likeness (QED) is 0.340. The van der Waals surface area contributed by atoms with Gasteiger partial charge in [0.25, 0.3) is 10.0 Å². The van der Waals surface area contributed by atoms with E-state index in [9.17, 15) is 18.3 Å². The van der Waals surface area contributed by atoms with E-state index in [0.29, 0.717) is 11.4 Å². The van der Waals surface area contributed by atoms with Crippen LogP contribution in [0.25, 0.3) is 0 Å². The first kappa shape index (κ1) is 26.5. The molecule has 3 rings (SSSR count). The van der Waals surface area contributed by atoms with E-state index in [2.05, 4.69) is 15.0 Å². The van der Waals surface area contributed by atoms with Crippen LogP contribution in [0.2, 0.25) is 10.0 Å². The molecule has 0 aliphatic rings. The summed E-state index contributed by atoms with van der Waals surface area (Å²) in [7, 11) is -4.14. The van der Waals surface area contributed by atoms with Crippen molar-refractivity contribution in [1.82, 2.24) is 10.3 Å². The van der Waals surface area contributed by atoms with Crippen LogP contribution < -0.4 is 15.8 Å². The van der Waals surface area contributed by atoms with Crippen LogP contribution in [0.1, 0.15) is 16.7 Å².